The van der Waals surface area contributed by atoms with Crippen LogP contribution in [0.4, 0.5) is 0 Å². The van der Waals surface area contributed by atoms with Crippen LogP contribution in [-0.4, -0.2) is 27.3 Å². The number of ketones is 1. The first-order valence-corrected chi connectivity index (χ1v) is 13.8. The normalized spacial score (nSPS) is 46.0. The average molecular weight is 475 g/mol. The smallest absolute Gasteiger partial charge is 0.138 e. The van der Waals surface area contributed by atoms with Gasteiger partial charge in [0, 0.05) is 11.8 Å². The molecule has 2 N–H and O–H groups in total. The number of carbonyl (C=O) groups is 1. The van der Waals surface area contributed by atoms with Gasteiger partial charge in [-0.1, -0.05) is 46.8 Å². The summed E-state index contributed by atoms with van der Waals surface area (Å²) in [5.74, 6) is 2.42. The lowest BCUT2D eigenvalue weighted by atomic mass is 9.35. The molecular weight excluding hydrogens is 424 g/mol. The molecule has 0 spiro atoms. The van der Waals surface area contributed by atoms with Crippen LogP contribution < -0.4 is 0 Å². The van der Waals surface area contributed by atoms with Crippen molar-refractivity contribution in [3.63, 3.8) is 0 Å². The summed E-state index contributed by atoms with van der Waals surface area (Å²) < 4.78 is 0. The van der Waals surface area contributed by atoms with E-state index in [1.807, 2.05) is 32.9 Å². The molecule has 4 fully saturated rings. The topological polar surface area (TPSA) is 66.8 Å². The Bertz CT molecular complexity index is 841. The summed E-state index contributed by atoms with van der Waals surface area (Å²) in [6, 6.07) is 0. The highest BCUT2D eigenvalue weighted by atomic mass is 17.1. The Morgan fingerprint density at radius 3 is 2.24 bits per heavy atom. The Balaban J connectivity index is 1.60. The molecule has 4 aliphatic rings. The lowest BCUT2D eigenvalue weighted by Gasteiger charge is -2.69. The molecule has 4 rings (SSSR count). The summed E-state index contributed by atoms with van der Waals surface area (Å²) in [7, 11) is 0. The third-order valence-electron chi connectivity index (χ3n) is 12.2. The largest absolute Gasteiger partial charge is 0.390 e. The van der Waals surface area contributed by atoms with Crippen molar-refractivity contribution in [2.45, 2.75) is 124 Å². The quantitative estimate of drug-likeness (QED) is 0.251. The minimum absolute atomic E-state index is 0.202. The molecule has 4 aliphatic carbocycles. The summed E-state index contributed by atoms with van der Waals surface area (Å²) in [5.41, 5.74) is -1.00. The van der Waals surface area contributed by atoms with Gasteiger partial charge in [0.15, 0.2) is 0 Å². The highest BCUT2D eigenvalue weighted by Crippen LogP contribution is 2.75. The zero-order valence-corrected chi connectivity index (χ0v) is 23.0. The van der Waals surface area contributed by atoms with Crippen LogP contribution in [0.15, 0.2) is 12.2 Å². The molecule has 0 amide bonds. The predicted molar refractivity (Wildman–Crippen MR) is 136 cm³/mol. The van der Waals surface area contributed by atoms with Crippen molar-refractivity contribution in [2.75, 3.05) is 0 Å². The third-order valence-corrected chi connectivity index (χ3v) is 12.2. The number of hydrogen-bond acceptors (Lipinski definition) is 4. The molecule has 0 aromatic heterocycles. The second-order valence-corrected chi connectivity index (χ2v) is 14.6. The van der Waals surface area contributed by atoms with Crippen molar-refractivity contribution in [3.8, 4) is 0 Å². The maximum Gasteiger partial charge on any atom is 0.138 e. The molecule has 0 saturated heterocycles. The summed E-state index contributed by atoms with van der Waals surface area (Å²) in [6.45, 7) is 17.7. The summed E-state index contributed by atoms with van der Waals surface area (Å²) in [6.07, 6.45) is 13.2. The van der Waals surface area contributed by atoms with E-state index in [1.54, 1.807) is 0 Å². The first kappa shape index (κ1) is 26.4. The lowest BCUT2D eigenvalue weighted by Crippen LogP contribution is -2.63. The fourth-order valence-corrected chi connectivity index (χ4v) is 10.1. The Kier molecular flexibility index (Phi) is 6.32. The van der Waals surface area contributed by atoms with Crippen molar-refractivity contribution in [1.82, 2.24) is 0 Å². The molecule has 8 unspecified atom stereocenters. The number of carbonyl (C=O) groups excluding carboxylic acids is 1. The summed E-state index contributed by atoms with van der Waals surface area (Å²) in [4.78, 5) is 17.4. The van der Waals surface area contributed by atoms with Gasteiger partial charge in [0.2, 0.25) is 0 Å². The van der Waals surface area contributed by atoms with Crippen molar-refractivity contribution in [3.05, 3.63) is 12.2 Å². The van der Waals surface area contributed by atoms with Crippen LogP contribution in [0.2, 0.25) is 0 Å². The number of rotatable bonds is 5. The predicted octanol–water partition coefficient (Wildman–Crippen LogP) is 7.21. The van der Waals surface area contributed by atoms with Gasteiger partial charge in [0.25, 0.3) is 0 Å². The van der Waals surface area contributed by atoms with Gasteiger partial charge < -0.3 is 5.11 Å². The van der Waals surface area contributed by atoms with Crippen molar-refractivity contribution >= 4 is 5.78 Å². The molecule has 4 saturated carbocycles. The van der Waals surface area contributed by atoms with Gasteiger partial charge in [-0.15, -0.1) is 0 Å². The van der Waals surface area contributed by atoms with Crippen LogP contribution in [0.3, 0.4) is 0 Å². The molecule has 0 aliphatic heterocycles. The van der Waals surface area contributed by atoms with Crippen LogP contribution in [-0.2, 0) is 9.68 Å². The standard InChI is InChI=1S/C30H50O4/c1-25(2,34-33)15-9-16-30(8,32)21-12-18-28(6)20(21)10-11-23-27(5)17-14-24(31)26(3,4)22(27)13-19-29(23,28)7/h9,15,20-23,32-33H,10-14,16-19H2,1-8H3. The third kappa shape index (κ3) is 3.68. The zero-order chi connectivity index (χ0) is 25.4. The van der Waals surface area contributed by atoms with E-state index in [1.165, 1.54) is 25.7 Å². The van der Waals surface area contributed by atoms with E-state index in [0.29, 0.717) is 30.0 Å². The van der Waals surface area contributed by atoms with Gasteiger partial charge in [0.05, 0.1) is 5.60 Å². The van der Waals surface area contributed by atoms with E-state index in [0.717, 1.165) is 25.7 Å². The zero-order valence-electron chi connectivity index (χ0n) is 23.0. The fraction of sp³-hybridized carbons (Fsp3) is 0.900. The van der Waals surface area contributed by atoms with Crippen molar-refractivity contribution in [1.29, 1.82) is 0 Å². The Labute approximate surface area is 207 Å². The molecule has 0 heterocycles. The SMILES string of the molecule is CC(C)(C=CCC(C)(O)C1CCC2(C)C1CCC1C3(C)CCC(=O)C(C)(C)C3CCC12C)OO. The monoisotopic (exact) mass is 474 g/mol. The van der Waals surface area contributed by atoms with Crippen LogP contribution in [0.5, 0.6) is 0 Å². The van der Waals surface area contributed by atoms with Crippen LogP contribution in [0, 0.1) is 45.3 Å². The number of Topliss-reactive ketones (excluding diaryl/α,β-unsaturated/α-hetero) is 1. The Hall–Kier alpha value is -0.710. The molecule has 0 aromatic rings. The van der Waals surface area contributed by atoms with E-state index in [-0.39, 0.29) is 27.6 Å². The van der Waals surface area contributed by atoms with Crippen molar-refractivity contribution in [2.24, 2.45) is 45.3 Å². The van der Waals surface area contributed by atoms with E-state index in [9.17, 15) is 9.90 Å². The van der Waals surface area contributed by atoms with E-state index in [4.69, 9.17) is 5.26 Å². The van der Waals surface area contributed by atoms with Gasteiger partial charge in [0.1, 0.15) is 11.4 Å². The highest BCUT2D eigenvalue weighted by molar-refractivity contribution is 5.85. The molecule has 4 nitrogen and oxygen atoms in total. The van der Waals surface area contributed by atoms with Gasteiger partial charge >= 0.3 is 0 Å². The molecule has 8 atom stereocenters. The van der Waals surface area contributed by atoms with Gasteiger partial charge in [-0.2, -0.15) is 0 Å². The van der Waals surface area contributed by atoms with Crippen LogP contribution in [0.1, 0.15) is 113 Å². The van der Waals surface area contributed by atoms with E-state index < -0.39 is 11.2 Å². The molecule has 0 bridgehead atoms. The van der Waals surface area contributed by atoms with E-state index >= 15 is 0 Å². The highest BCUT2D eigenvalue weighted by Gasteiger charge is 2.69. The Morgan fingerprint density at radius 1 is 0.941 bits per heavy atom. The molecule has 34 heavy (non-hydrogen) atoms. The lowest BCUT2D eigenvalue weighted by molar-refractivity contribution is -0.297. The molecule has 0 radical (unpaired) electrons. The maximum absolute atomic E-state index is 12.9. The number of fused-ring (bicyclic) bond motifs is 5. The Morgan fingerprint density at radius 2 is 1.59 bits per heavy atom. The van der Waals surface area contributed by atoms with Gasteiger partial charge in [-0.3, -0.25) is 10.1 Å². The summed E-state index contributed by atoms with van der Waals surface area (Å²) >= 11 is 0. The fourth-order valence-electron chi connectivity index (χ4n) is 10.1. The first-order chi connectivity index (χ1) is 15.6. The molecule has 4 heteroatoms. The first-order valence-electron chi connectivity index (χ1n) is 13.8. The number of hydrogen-bond donors (Lipinski definition) is 2. The molecule has 194 valence electrons. The second-order valence-electron chi connectivity index (χ2n) is 14.6. The maximum atomic E-state index is 12.9. The summed E-state index contributed by atoms with van der Waals surface area (Å²) in [5, 5.41) is 20.7. The van der Waals surface area contributed by atoms with Crippen molar-refractivity contribution < 1.29 is 20.0 Å². The molecule has 0 aromatic carbocycles. The minimum atomic E-state index is -0.770. The van der Waals surface area contributed by atoms with Crippen LogP contribution in [0.25, 0.3) is 0 Å². The molecular formula is C30H50O4. The number of aliphatic hydroxyl groups is 1. The average Bonchev–Trinajstić information content (AvgIpc) is 3.10. The minimum Gasteiger partial charge on any atom is -0.390 e. The van der Waals surface area contributed by atoms with Gasteiger partial charge in [-0.25, -0.2) is 4.89 Å². The van der Waals surface area contributed by atoms with E-state index in [2.05, 4.69) is 39.5 Å². The second kappa shape index (κ2) is 8.15. The van der Waals surface area contributed by atoms with Crippen LogP contribution >= 0.6 is 0 Å². The van der Waals surface area contributed by atoms with Gasteiger partial charge in [-0.05, 0) is 112 Å².